The third-order valence-corrected chi connectivity index (χ3v) is 7.44. The van der Waals surface area contributed by atoms with Gasteiger partial charge in [-0.2, -0.15) is 0 Å². The van der Waals surface area contributed by atoms with Gasteiger partial charge >= 0.3 is 0 Å². The molecular weight excluding hydrogens is 325 g/mol. The Kier molecular flexibility index (Phi) is 4.56. The van der Waals surface area contributed by atoms with Gasteiger partial charge in [0, 0.05) is 31.1 Å². The Morgan fingerprint density at radius 1 is 0.923 bits per heavy atom. The summed E-state index contributed by atoms with van der Waals surface area (Å²) >= 11 is 0. The van der Waals surface area contributed by atoms with E-state index in [2.05, 4.69) is 46.1 Å². The van der Waals surface area contributed by atoms with Crippen LogP contribution in [0.25, 0.3) is 0 Å². The second-order valence-electron chi connectivity index (χ2n) is 8.75. The van der Waals surface area contributed by atoms with E-state index in [9.17, 15) is 4.39 Å². The molecule has 1 aromatic carbocycles. The molecule has 3 nitrogen and oxygen atoms in total. The molecule has 2 saturated carbocycles. The van der Waals surface area contributed by atoms with E-state index < -0.39 is 6.17 Å². The molecule has 0 amide bonds. The maximum atomic E-state index is 14.8. The molecular formula is C22H31FN3. The lowest BCUT2D eigenvalue weighted by atomic mass is 9.67. The van der Waals surface area contributed by atoms with Crippen molar-refractivity contribution in [1.82, 2.24) is 4.90 Å². The Morgan fingerprint density at radius 2 is 1.69 bits per heavy atom. The van der Waals surface area contributed by atoms with Crippen molar-refractivity contribution < 1.29 is 4.39 Å². The number of piperidine rings is 1. The highest BCUT2D eigenvalue weighted by Crippen LogP contribution is 2.45. The van der Waals surface area contributed by atoms with Crippen LogP contribution in [0.5, 0.6) is 0 Å². The standard InChI is InChI=1S/C22H31FN3/c23-18-7-3-5-16-6-4-10-21(22(16)18)25-13-11-17(12-14-25)26-15-24-19-8-1-2-9-20(19)26/h1-2,8-9,15-18,21-22,24H,3-7,10-14H2. The summed E-state index contributed by atoms with van der Waals surface area (Å²) in [6, 6.07) is 9.62. The average Bonchev–Trinajstić information content (AvgIpc) is 3.12. The van der Waals surface area contributed by atoms with Crippen LogP contribution < -0.4 is 10.2 Å². The number of hydrogen-bond acceptors (Lipinski definition) is 3. The molecule has 0 aromatic heterocycles. The molecule has 4 unspecified atom stereocenters. The fourth-order valence-electron chi connectivity index (χ4n) is 6.18. The zero-order valence-corrected chi connectivity index (χ0v) is 15.6. The van der Waals surface area contributed by atoms with Crippen LogP contribution in [-0.4, -0.2) is 36.2 Å². The second-order valence-corrected chi connectivity index (χ2v) is 8.75. The van der Waals surface area contributed by atoms with Crippen LogP contribution in [0.3, 0.4) is 0 Å². The normalized spacial score (nSPS) is 35.7. The molecule has 1 aromatic rings. The molecule has 1 saturated heterocycles. The van der Waals surface area contributed by atoms with Crippen molar-refractivity contribution >= 4 is 11.4 Å². The Morgan fingerprint density at radius 3 is 2.54 bits per heavy atom. The van der Waals surface area contributed by atoms with Crippen molar-refractivity contribution in [3.05, 3.63) is 30.9 Å². The first kappa shape index (κ1) is 16.9. The van der Waals surface area contributed by atoms with E-state index in [4.69, 9.17) is 0 Å². The SMILES string of the molecule is FC1CCCC2CCCC(N3CCC(N4[CH]Nc5ccccc54)CC3)C12. The van der Waals surface area contributed by atoms with Gasteiger partial charge in [-0.3, -0.25) is 4.90 Å². The van der Waals surface area contributed by atoms with Crippen LogP contribution in [0.1, 0.15) is 51.4 Å². The summed E-state index contributed by atoms with van der Waals surface area (Å²) in [6.45, 7) is 4.38. The highest BCUT2D eigenvalue weighted by atomic mass is 19.1. The number of para-hydroxylation sites is 2. The predicted molar refractivity (Wildman–Crippen MR) is 105 cm³/mol. The number of fused-ring (bicyclic) bond motifs is 2. The molecule has 26 heavy (non-hydrogen) atoms. The maximum absolute atomic E-state index is 14.8. The average molecular weight is 357 g/mol. The lowest BCUT2D eigenvalue weighted by Crippen LogP contribution is -2.54. The van der Waals surface area contributed by atoms with Gasteiger partial charge in [-0.25, -0.2) is 4.39 Å². The molecule has 0 bridgehead atoms. The molecule has 3 fully saturated rings. The van der Waals surface area contributed by atoms with E-state index in [1.54, 1.807) is 0 Å². The number of hydrogen-bond donors (Lipinski definition) is 1. The van der Waals surface area contributed by atoms with Crippen molar-refractivity contribution in [3.8, 4) is 0 Å². The van der Waals surface area contributed by atoms with E-state index in [1.807, 2.05) is 0 Å². The van der Waals surface area contributed by atoms with Gasteiger partial charge in [-0.05, 0) is 56.6 Å². The number of rotatable bonds is 2. The van der Waals surface area contributed by atoms with Crippen molar-refractivity contribution in [2.24, 2.45) is 11.8 Å². The molecule has 4 heteroatoms. The largest absolute Gasteiger partial charge is 0.360 e. The highest BCUT2D eigenvalue weighted by molar-refractivity contribution is 5.77. The van der Waals surface area contributed by atoms with E-state index in [0.717, 1.165) is 25.9 Å². The summed E-state index contributed by atoms with van der Waals surface area (Å²) in [5.41, 5.74) is 2.52. The minimum absolute atomic E-state index is 0.315. The van der Waals surface area contributed by atoms with E-state index in [0.29, 0.717) is 23.9 Å². The maximum Gasteiger partial charge on any atom is 0.139 e. The van der Waals surface area contributed by atoms with Gasteiger partial charge in [0.1, 0.15) is 12.8 Å². The molecule has 2 heterocycles. The Labute approximate surface area is 156 Å². The quantitative estimate of drug-likeness (QED) is 0.820. The Bertz CT molecular complexity index is 626. The summed E-state index contributed by atoms with van der Waals surface area (Å²) in [4.78, 5) is 5.08. The molecule has 2 aliphatic heterocycles. The fourth-order valence-corrected chi connectivity index (χ4v) is 6.18. The zero-order valence-electron chi connectivity index (χ0n) is 15.6. The molecule has 5 rings (SSSR count). The summed E-state index contributed by atoms with van der Waals surface area (Å²) in [7, 11) is 0. The number of benzene rings is 1. The first-order valence-electron chi connectivity index (χ1n) is 10.7. The van der Waals surface area contributed by atoms with Gasteiger partial charge in [0.15, 0.2) is 0 Å². The number of halogens is 1. The Balaban J connectivity index is 1.25. The van der Waals surface area contributed by atoms with Crippen LogP contribution >= 0.6 is 0 Å². The summed E-state index contributed by atoms with van der Waals surface area (Å²) in [5.74, 6) is 0.966. The smallest absolute Gasteiger partial charge is 0.139 e. The van der Waals surface area contributed by atoms with Gasteiger partial charge in [0.05, 0.1) is 11.4 Å². The zero-order chi connectivity index (χ0) is 17.5. The topological polar surface area (TPSA) is 18.5 Å². The summed E-state index contributed by atoms with van der Waals surface area (Å²) in [5, 5.41) is 3.40. The molecule has 4 aliphatic rings. The van der Waals surface area contributed by atoms with Gasteiger partial charge in [0.2, 0.25) is 0 Å². The third kappa shape index (κ3) is 2.90. The van der Waals surface area contributed by atoms with Crippen LogP contribution in [0.4, 0.5) is 15.8 Å². The summed E-state index contributed by atoms with van der Waals surface area (Å²) in [6.07, 6.45) is 8.76. The van der Waals surface area contributed by atoms with E-state index >= 15 is 0 Å². The van der Waals surface area contributed by atoms with Crippen molar-refractivity contribution in [1.29, 1.82) is 0 Å². The fraction of sp³-hybridized carbons (Fsp3) is 0.682. The minimum Gasteiger partial charge on any atom is -0.360 e. The molecule has 1 radical (unpaired) electrons. The van der Waals surface area contributed by atoms with E-state index in [1.165, 1.54) is 49.9 Å². The van der Waals surface area contributed by atoms with Gasteiger partial charge in [0.25, 0.3) is 0 Å². The number of alkyl halides is 1. The van der Waals surface area contributed by atoms with Crippen LogP contribution in [0.15, 0.2) is 24.3 Å². The van der Waals surface area contributed by atoms with E-state index in [-0.39, 0.29) is 0 Å². The highest BCUT2D eigenvalue weighted by Gasteiger charge is 2.44. The number of nitrogens with one attached hydrogen (secondary N) is 1. The van der Waals surface area contributed by atoms with Crippen molar-refractivity contribution in [3.63, 3.8) is 0 Å². The van der Waals surface area contributed by atoms with Gasteiger partial charge < -0.3 is 10.2 Å². The lowest BCUT2D eigenvalue weighted by molar-refractivity contribution is -0.0182. The van der Waals surface area contributed by atoms with Crippen LogP contribution in [-0.2, 0) is 0 Å². The summed E-state index contributed by atoms with van der Waals surface area (Å²) < 4.78 is 14.8. The molecule has 0 spiro atoms. The first-order chi connectivity index (χ1) is 12.8. The molecule has 2 aliphatic carbocycles. The first-order valence-corrected chi connectivity index (χ1v) is 10.7. The molecule has 1 N–H and O–H groups in total. The molecule has 4 atom stereocenters. The Hall–Kier alpha value is -1.29. The van der Waals surface area contributed by atoms with Gasteiger partial charge in [-0.1, -0.05) is 25.0 Å². The number of likely N-dealkylation sites (tertiary alicyclic amines) is 1. The van der Waals surface area contributed by atoms with Crippen molar-refractivity contribution in [2.75, 3.05) is 23.3 Å². The van der Waals surface area contributed by atoms with Crippen molar-refractivity contribution in [2.45, 2.75) is 69.6 Å². The van der Waals surface area contributed by atoms with Crippen LogP contribution in [0, 0.1) is 18.5 Å². The number of anilines is 2. The molecule has 141 valence electrons. The lowest BCUT2D eigenvalue weighted by Gasteiger charge is -2.49. The monoisotopic (exact) mass is 356 g/mol. The predicted octanol–water partition coefficient (Wildman–Crippen LogP) is 4.81. The third-order valence-electron chi connectivity index (χ3n) is 7.44. The second kappa shape index (κ2) is 7.03. The van der Waals surface area contributed by atoms with Gasteiger partial charge in [-0.15, -0.1) is 0 Å². The number of nitrogens with zero attached hydrogens (tertiary/aromatic N) is 2. The minimum atomic E-state index is -0.556. The van der Waals surface area contributed by atoms with Crippen LogP contribution in [0.2, 0.25) is 0 Å².